The van der Waals surface area contributed by atoms with Gasteiger partial charge in [-0.1, -0.05) is 30.3 Å². The average Bonchev–Trinajstić information content (AvgIpc) is 3.44. The molecule has 1 amide bonds. The number of carbonyl (C=O) groups is 1. The highest BCUT2D eigenvalue weighted by atomic mass is 19.4. The van der Waals surface area contributed by atoms with Crippen LogP contribution in [0, 0.1) is 5.92 Å². The molecule has 132 valence electrons. The molecule has 2 N–H and O–H groups in total. The maximum absolute atomic E-state index is 13.6. The van der Waals surface area contributed by atoms with E-state index in [0.29, 0.717) is 5.56 Å². The van der Waals surface area contributed by atoms with Crippen LogP contribution in [-0.2, 0) is 10.4 Å². The van der Waals surface area contributed by atoms with E-state index in [-0.39, 0.29) is 5.92 Å². The Bertz CT molecular complexity index is 733. The first-order valence-electron chi connectivity index (χ1n) is 7.89. The molecule has 2 atom stereocenters. The van der Waals surface area contributed by atoms with E-state index in [1.807, 2.05) is 0 Å². The van der Waals surface area contributed by atoms with Gasteiger partial charge in [0.1, 0.15) is 0 Å². The van der Waals surface area contributed by atoms with E-state index >= 15 is 0 Å². The lowest BCUT2D eigenvalue weighted by Crippen LogP contribution is -2.55. The van der Waals surface area contributed by atoms with Crippen molar-refractivity contribution in [3.63, 3.8) is 0 Å². The van der Waals surface area contributed by atoms with Crippen molar-refractivity contribution in [2.45, 2.75) is 30.7 Å². The molecule has 0 aliphatic heterocycles. The van der Waals surface area contributed by atoms with Crippen molar-refractivity contribution >= 4 is 5.91 Å². The van der Waals surface area contributed by atoms with Crippen LogP contribution in [0.15, 0.2) is 54.9 Å². The zero-order valence-corrected chi connectivity index (χ0v) is 13.2. The number of aromatic nitrogens is 1. The number of rotatable bonds is 5. The molecule has 1 fully saturated rings. The normalized spacial score (nSPS) is 18.2. The monoisotopic (exact) mass is 350 g/mol. The van der Waals surface area contributed by atoms with E-state index in [0.717, 1.165) is 25.0 Å². The van der Waals surface area contributed by atoms with Crippen LogP contribution in [0.5, 0.6) is 0 Å². The number of aliphatic hydroxyl groups is 1. The van der Waals surface area contributed by atoms with Gasteiger partial charge in [-0.2, -0.15) is 13.2 Å². The topological polar surface area (TPSA) is 62.2 Å². The van der Waals surface area contributed by atoms with Gasteiger partial charge in [0.05, 0.1) is 6.04 Å². The second kappa shape index (κ2) is 6.48. The Morgan fingerprint density at radius 3 is 2.24 bits per heavy atom. The second-order valence-corrected chi connectivity index (χ2v) is 6.14. The predicted molar refractivity (Wildman–Crippen MR) is 84.2 cm³/mol. The highest BCUT2D eigenvalue weighted by Crippen LogP contribution is 2.43. The lowest BCUT2D eigenvalue weighted by Gasteiger charge is -2.31. The van der Waals surface area contributed by atoms with E-state index in [4.69, 9.17) is 0 Å². The Morgan fingerprint density at radius 2 is 1.72 bits per heavy atom. The first-order chi connectivity index (χ1) is 11.8. The van der Waals surface area contributed by atoms with Crippen LogP contribution in [-0.4, -0.2) is 22.2 Å². The summed E-state index contributed by atoms with van der Waals surface area (Å²) in [7, 11) is 0. The molecule has 1 aromatic heterocycles. The maximum atomic E-state index is 13.6. The van der Waals surface area contributed by atoms with Gasteiger partial charge in [-0.05, 0) is 36.5 Å². The molecule has 25 heavy (non-hydrogen) atoms. The van der Waals surface area contributed by atoms with Gasteiger partial charge in [0.15, 0.2) is 0 Å². The number of hydrogen-bond donors (Lipinski definition) is 2. The average molecular weight is 350 g/mol. The van der Waals surface area contributed by atoms with Crippen molar-refractivity contribution in [1.29, 1.82) is 0 Å². The van der Waals surface area contributed by atoms with Crippen LogP contribution in [0.3, 0.4) is 0 Å². The molecular weight excluding hydrogens is 333 g/mol. The van der Waals surface area contributed by atoms with Crippen molar-refractivity contribution in [3.05, 3.63) is 66.0 Å². The maximum Gasteiger partial charge on any atom is 0.430 e. The van der Waals surface area contributed by atoms with E-state index in [1.165, 1.54) is 30.6 Å². The van der Waals surface area contributed by atoms with Gasteiger partial charge in [-0.25, -0.2) is 0 Å². The molecule has 4 nitrogen and oxygen atoms in total. The third-order valence-corrected chi connectivity index (χ3v) is 4.38. The van der Waals surface area contributed by atoms with Gasteiger partial charge < -0.3 is 10.4 Å². The number of hydrogen-bond acceptors (Lipinski definition) is 3. The predicted octanol–water partition coefficient (Wildman–Crippen LogP) is 3.10. The smallest absolute Gasteiger partial charge is 0.369 e. The summed E-state index contributed by atoms with van der Waals surface area (Å²) in [5, 5.41) is 12.7. The number of alkyl halides is 3. The zero-order valence-electron chi connectivity index (χ0n) is 13.2. The Kier molecular flexibility index (Phi) is 4.51. The fourth-order valence-corrected chi connectivity index (χ4v) is 2.82. The standard InChI is InChI=1S/C18H17F3N2O2/c19-18(20,21)17(25,14-4-2-1-3-5-14)16(24)23-15(12-6-7-12)13-8-10-22-11-9-13/h1-5,8-12,15,25H,6-7H2,(H,23,24). The molecule has 0 saturated heterocycles. The molecule has 2 unspecified atom stereocenters. The molecule has 0 radical (unpaired) electrons. The summed E-state index contributed by atoms with van der Waals surface area (Å²) < 4.78 is 40.8. The highest BCUT2D eigenvalue weighted by molar-refractivity contribution is 5.87. The largest absolute Gasteiger partial charge is 0.430 e. The van der Waals surface area contributed by atoms with Crippen molar-refractivity contribution in [3.8, 4) is 0 Å². The second-order valence-electron chi connectivity index (χ2n) is 6.14. The molecule has 3 rings (SSSR count). The van der Waals surface area contributed by atoms with Gasteiger partial charge in [0.2, 0.25) is 0 Å². The van der Waals surface area contributed by atoms with Crippen LogP contribution < -0.4 is 5.32 Å². The van der Waals surface area contributed by atoms with Crippen molar-refractivity contribution in [2.75, 3.05) is 0 Å². The number of amides is 1. The van der Waals surface area contributed by atoms with E-state index in [2.05, 4.69) is 10.3 Å². The molecule has 7 heteroatoms. The quantitative estimate of drug-likeness (QED) is 0.871. The SMILES string of the molecule is O=C(NC(c1ccncc1)C1CC1)C(O)(c1ccccc1)C(F)(F)F. The molecule has 0 bridgehead atoms. The lowest BCUT2D eigenvalue weighted by molar-refractivity contribution is -0.257. The van der Waals surface area contributed by atoms with Gasteiger partial charge in [0.25, 0.3) is 11.5 Å². The molecule has 1 saturated carbocycles. The fraction of sp³-hybridized carbons (Fsp3) is 0.333. The molecule has 1 heterocycles. The highest BCUT2D eigenvalue weighted by Gasteiger charge is 2.61. The Labute approximate surface area is 142 Å². The zero-order chi connectivity index (χ0) is 18.1. The van der Waals surface area contributed by atoms with Crippen LogP contribution in [0.1, 0.15) is 30.0 Å². The Morgan fingerprint density at radius 1 is 1.12 bits per heavy atom. The van der Waals surface area contributed by atoms with Crippen molar-refractivity contribution < 1.29 is 23.1 Å². The molecular formula is C18H17F3N2O2. The Balaban J connectivity index is 1.93. The van der Waals surface area contributed by atoms with Gasteiger partial charge >= 0.3 is 6.18 Å². The van der Waals surface area contributed by atoms with Crippen LogP contribution >= 0.6 is 0 Å². The third kappa shape index (κ3) is 3.37. The molecule has 1 aliphatic rings. The van der Waals surface area contributed by atoms with Gasteiger partial charge in [0, 0.05) is 18.0 Å². The van der Waals surface area contributed by atoms with Gasteiger partial charge in [-0.3, -0.25) is 9.78 Å². The van der Waals surface area contributed by atoms with Crippen molar-refractivity contribution in [1.82, 2.24) is 10.3 Å². The summed E-state index contributed by atoms with van der Waals surface area (Å²) in [6.07, 6.45) is -0.495. The molecule has 1 aliphatic carbocycles. The van der Waals surface area contributed by atoms with E-state index < -0.39 is 29.3 Å². The van der Waals surface area contributed by atoms with E-state index in [1.54, 1.807) is 12.1 Å². The number of halogens is 3. The molecule has 2 aromatic rings. The lowest BCUT2D eigenvalue weighted by atomic mass is 9.91. The molecule has 1 aromatic carbocycles. The third-order valence-electron chi connectivity index (χ3n) is 4.38. The van der Waals surface area contributed by atoms with Crippen LogP contribution in [0.4, 0.5) is 13.2 Å². The summed E-state index contributed by atoms with van der Waals surface area (Å²) in [4.78, 5) is 16.4. The number of benzene rings is 1. The number of nitrogens with one attached hydrogen (secondary N) is 1. The van der Waals surface area contributed by atoms with Gasteiger partial charge in [-0.15, -0.1) is 0 Å². The van der Waals surface area contributed by atoms with Crippen molar-refractivity contribution in [2.24, 2.45) is 5.92 Å². The molecule has 0 spiro atoms. The van der Waals surface area contributed by atoms with Crippen LogP contribution in [0.25, 0.3) is 0 Å². The summed E-state index contributed by atoms with van der Waals surface area (Å²) in [5.41, 5.74) is -3.44. The minimum atomic E-state index is -5.15. The fourth-order valence-electron chi connectivity index (χ4n) is 2.82. The first kappa shape index (κ1) is 17.4. The summed E-state index contributed by atoms with van der Waals surface area (Å²) >= 11 is 0. The minimum Gasteiger partial charge on any atom is -0.369 e. The number of pyridine rings is 1. The number of carbonyl (C=O) groups excluding carboxylic acids is 1. The van der Waals surface area contributed by atoms with Crippen LogP contribution in [0.2, 0.25) is 0 Å². The summed E-state index contributed by atoms with van der Waals surface area (Å²) in [6.45, 7) is 0. The minimum absolute atomic E-state index is 0.0552. The summed E-state index contributed by atoms with van der Waals surface area (Å²) in [5.74, 6) is -1.42. The number of nitrogens with zero attached hydrogens (tertiary/aromatic N) is 1. The van der Waals surface area contributed by atoms with E-state index in [9.17, 15) is 23.1 Å². The summed E-state index contributed by atoms with van der Waals surface area (Å²) in [6, 6.07) is 9.10. The Hall–Kier alpha value is -2.41. The first-order valence-corrected chi connectivity index (χ1v) is 7.89.